The van der Waals surface area contributed by atoms with Crippen LogP contribution < -0.4 is 0 Å². The van der Waals surface area contributed by atoms with Gasteiger partial charge in [-0.3, -0.25) is 0 Å². The van der Waals surface area contributed by atoms with E-state index in [9.17, 15) is 0 Å². The van der Waals surface area contributed by atoms with Crippen LogP contribution in [0.2, 0.25) is 0 Å². The van der Waals surface area contributed by atoms with E-state index >= 15 is 0 Å². The van der Waals surface area contributed by atoms with Crippen LogP contribution in [-0.4, -0.2) is 13.2 Å². The van der Waals surface area contributed by atoms with Crippen molar-refractivity contribution in [2.24, 2.45) is 5.92 Å². The Balaban J connectivity index is 0. The smallest absolute Gasteiger partial charge is 0.0492 e. The zero-order valence-corrected chi connectivity index (χ0v) is 8.11. The average molecular weight is 146 g/mol. The molecule has 0 N–H and O–H groups in total. The molecule has 1 aliphatic heterocycles. The lowest BCUT2D eigenvalue weighted by molar-refractivity contribution is 0.188. The van der Waals surface area contributed by atoms with Gasteiger partial charge in [-0.1, -0.05) is 34.6 Å². The molecule has 0 aliphatic carbocycles. The lowest BCUT2D eigenvalue weighted by atomic mass is 10.2. The number of rotatable bonds is 0. The van der Waals surface area contributed by atoms with Crippen molar-refractivity contribution in [2.45, 2.75) is 41.0 Å². The predicted octanol–water partition coefficient (Wildman–Crippen LogP) is 3.10. The standard InChI is InChI=1S/C5H10O.2C2H6/c1-5-2-3-6-4-5;2*1-2/h5H,2-4H2,1H3;2*1-2H3. The third-order valence-corrected chi connectivity index (χ3v) is 1.16. The van der Waals surface area contributed by atoms with E-state index in [4.69, 9.17) is 4.74 Å². The Bertz CT molecular complexity index is 38.0. The number of hydrogen-bond donors (Lipinski definition) is 0. The van der Waals surface area contributed by atoms with E-state index in [2.05, 4.69) is 6.92 Å². The molecule has 1 rings (SSSR count). The fourth-order valence-corrected chi connectivity index (χ4v) is 0.652. The van der Waals surface area contributed by atoms with Crippen molar-refractivity contribution in [3.63, 3.8) is 0 Å². The van der Waals surface area contributed by atoms with E-state index in [0.717, 1.165) is 19.1 Å². The Hall–Kier alpha value is -0.0400. The van der Waals surface area contributed by atoms with Gasteiger partial charge in [0, 0.05) is 13.2 Å². The Labute approximate surface area is 65.8 Å². The second-order valence-electron chi connectivity index (χ2n) is 1.97. The first-order valence-electron chi connectivity index (χ1n) is 4.47. The quantitative estimate of drug-likeness (QED) is 0.510. The average Bonchev–Trinajstić information content (AvgIpc) is 2.48. The Kier molecular flexibility index (Phi) is 14.8. The third kappa shape index (κ3) is 7.96. The molecule has 0 radical (unpaired) electrons. The second kappa shape index (κ2) is 11.7. The molecule has 0 aromatic carbocycles. The second-order valence-corrected chi connectivity index (χ2v) is 1.97. The van der Waals surface area contributed by atoms with Crippen molar-refractivity contribution in [1.29, 1.82) is 0 Å². The minimum atomic E-state index is 0.824. The van der Waals surface area contributed by atoms with Gasteiger partial charge in [0.25, 0.3) is 0 Å². The summed E-state index contributed by atoms with van der Waals surface area (Å²) >= 11 is 0. The highest BCUT2D eigenvalue weighted by Gasteiger charge is 2.07. The van der Waals surface area contributed by atoms with Gasteiger partial charge in [-0.2, -0.15) is 0 Å². The van der Waals surface area contributed by atoms with Crippen LogP contribution in [0.5, 0.6) is 0 Å². The normalized spacial score (nSPS) is 21.9. The van der Waals surface area contributed by atoms with Gasteiger partial charge in [0.2, 0.25) is 0 Å². The molecular formula is C9H22O. The van der Waals surface area contributed by atoms with Crippen LogP contribution in [0.1, 0.15) is 41.0 Å². The SMILES string of the molecule is CC.CC.CC1CCOC1. The number of ether oxygens (including phenoxy) is 1. The summed E-state index contributed by atoms with van der Waals surface area (Å²) in [6.07, 6.45) is 1.26. The summed E-state index contributed by atoms with van der Waals surface area (Å²) in [5.41, 5.74) is 0. The van der Waals surface area contributed by atoms with E-state index in [1.807, 2.05) is 27.7 Å². The van der Waals surface area contributed by atoms with Crippen molar-refractivity contribution in [3.8, 4) is 0 Å². The van der Waals surface area contributed by atoms with Gasteiger partial charge < -0.3 is 4.74 Å². The molecular weight excluding hydrogens is 124 g/mol. The molecule has 10 heavy (non-hydrogen) atoms. The van der Waals surface area contributed by atoms with E-state index < -0.39 is 0 Å². The summed E-state index contributed by atoms with van der Waals surface area (Å²) < 4.78 is 5.06. The van der Waals surface area contributed by atoms with E-state index in [0.29, 0.717) is 0 Å². The van der Waals surface area contributed by atoms with Crippen LogP contribution in [0.4, 0.5) is 0 Å². The van der Waals surface area contributed by atoms with Gasteiger partial charge in [-0.05, 0) is 12.3 Å². The Morgan fingerprint density at radius 2 is 1.60 bits per heavy atom. The maximum absolute atomic E-state index is 5.06. The van der Waals surface area contributed by atoms with Gasteiger partial charge in [0.1, 0.15) is 0 Å². The van der Waals surface area contributed by atoms with Crippen LogP contribution in [0, 0.1) is 5.92 Å². The van der Waals surface area contributed by atoms with Crippen molar-refractivity contribution in [2.75, 3.05) is 13.2 Å². The predicted molar refractivity (Wildman–Crippen MR) is 47.3 cm³/mol. The first-order valence-corrected chi connectivity index (χ1v) is 4.47. The van der Waals surface area contributed by atoms with Gasteiger partial charge in [0.15, 0.2) is 0 Å². The molecule has 1 unspecified atom stereocenters. The van der Waals surface area contributed by atoms with Crippen LogP contribution in [0.3, 0.4) is 0 Å². The topological polar surface area (TPSA) is 9.23 Å². The molecule has 1 fully saturated rings. The largest absolute Gasteiger partial charge is 0.381 e. The molecule has 1 aliphatic rings. The molecule has 1 heteroatoms. The fraction of sp³-hybridized carbons (Fsp3) is 1.00. The molecule has 1 saturated heterocycles. The Morgan fingerprint density at radius 1 is 1.10 bits per heavy atom. The lowest BCUT2D eigenvalue weighted by Crippen LogP contribution is -1.88. The van der Waals surface area contributed by atoms with E-state index in [1.165, 1.54) is 6.42 Å². The summed E-state index contributed by atoms with van der Waals surface area (Å²) in [5, 5.41) is 0. The third-order valence-electron chi connectivity index (χ3n) is 1.16. The molecule has 64 valence electrons. The maximum Gasteiger partial charge on any atom is 0.0492 e. The summed E-state index contributed by atoms with van der Waals surface area (Å²) in [6.45, 7) is 12.2. The molecule has 0 saturated carbocycles. The zero-order chi connectivity index (χ0) is 8.41. The molecule has 0 aromatic rings. The lowest BCUT2D eigenvalue weighted by Gasteiger charge is -1.89. The minimum Gasteiger partial charge on any atom is -0.381 e. The fourth-order valence-electron chi connectivity index (χ4n) is 0.652. The molecule has 1 heterocycles. The van der Waals surface area contributed by atoms with E-state index in [-0.39, 0.29) is 0 Å². The monoisotopic (exact) mass is 146 g/mol. The van der Waals surface area contributed by atoms with Gasteiger partial charge in [0.05, 0.1) is 0 Å². The van der Waals surface area contributed by atoms with Crippen LogP contribution >= 0.6 is 0 Å². The summed E-state index contributed by atoms with van der Waals surface area (Å²) in [5.74, 6) is 0.824. The maximum atomic E-state index is 5.06. The Morgan fingerprint density at radius 3 is 1.70 bits per heavy atom. The van der Waals surface area contributed by atoms with Gasteiger partial charge in [-0.25, -0.2) is 0 Å². The highest BCUT2D eigenvalue weighted by Crippen LogP contribution is 2.09. The minimum absolute atomic E-state index is 0.824. The van der Waals surface area contributed by atoms with E-state index in [1.54, 1.807) is 0 Å². The van der Waals surface area contributed by atoms with Crippen molar-refractivity contribution >= 4 is 0 Å². The highest BCUT2D eigenvalue weighted by atomic mass is 16.5. The zero-order valence-electron chi connectivity index (χ0n) is 8.11. The van der Waals surface area contributed by atoms with Crippen LogP contribution in [-0.2, 0) is 4.74 Å². The molecule has 1 nitrogen and oxygen atoms in total. The highest BCUT2D eigenvalue weighted by molar-refractivity contribution is 4.55. The molecule has 0 aromatic heterocycles. The summed E-state index contributed by atoms with van der Waals surface area (Å²) in [4.78, 5) is 0. The van der Waals surface area contributed by atoms with Crippen LogP contribution in [0.15, 0.2) is 0 Å². The first-order chi connectivity index (χ1) is 4.89. The van der Waals surface area contributed by atoms with Gasteiger partial charge in [-0.15, -0.1) is 0 Å². The molecule has 0 spiro atoms. The van der Waals surface area contributed by atoms with Crippen LogP contribution in [0.25, 0.3) is 0 Å². The first kappa shape index (κ1) is 12.6. The van der Waals surface area contributed by atoms with Crippen molar-refractivity contribution < 1.29 is 4.74 Å². The molecule has 0 bridgehead atoms. The van der Waals surface area contributed by atoms with Crippen molar-refractivity contribution in [1.82, 2.24) is 0 Å². The van der Waals surface area contributed by atoms with Gasteiger partial charge >= 0.3 is 0 Å². The number of hydrogen-bond acceptors (Lipinski definition) is 1. The summed E-state index contributed by atoms with van der Waals surface area (Å²) in [7, 11) is 0. The summed E-state index contributed by atoms with van der Waals surface area (Å²) in [6, 6.07) is 0. The molecule has 1 atom stereocenters. The van der Waals surface area contributed by atoms with Crippen molar-refractivity contribution in [3.05, 3.63) is 0 Å². The molecule has 0 amide bonds.